The van der Waals surface area contributed by atoms with Crippen molar-refractivity contribution in [1.82, 2.24) is 9.88 Å². The van der Waals surface area contributed by atoms with Gasteiger partial charge in [-0.1, -0.05) is 18.2 Å². The smallest absolute Gasteiger partial charge is 0.267 e. The molecule has 6 heteroatoms. The lowest BCUT2D eigenvalue weighted by Crippen LogP contribution is -2.29. The molecule has 1 aliphatic rings. The Balaban J connectivity index is 1.91. The second-order valence-electron chi connectivity index (χ2n) is 5.19. The average Bonchev–Trinajstić information content (AvgIpc) is 2.92. The van der Waals surface area contributed by atoms with E-state index in [1.54, 1.807) is 30.5 Å². The first-order valence-electron chi connectivity index (χ1n) is 7.66. The van der Waals surface area contributed by atoms with Crippen LogP contribution < -0.4 is 4.74 Å². The summed E-state index contributed by atoms with van der Waals surface area (Å²) in [5.41, 5.74) is 1.63. The number of aliphatic imine (C=N–C) groups is 1. The quantitative estimate of drug-likeness (QED) is 0.606. The third-order valence-corrected chi connectivity index (χ3v) is 4.49. The third kappa shape index (κ3) is 3.97. The van der Waals surface area contributed by atoms with E-state index in [2.05, 4.69) is 16.6 Å². The molecule has 0 atom stereocenters. The predicted molar refractivity (Wildman–Crippen MR) is 102 cm³/mol. The zero-order chi connectivity index (χ0) is 17.6. The van der Waals surface area contributed by atoms with Crippen LogP contribution in [0.5, 0.6) is 5.75 Å². The number of benzene rings is 1. The van der Waals surface area contributed by atoms with Crippen LogP contribution in [-0.4, -0.2) is 34.6 Å². The Morgan fingerprint density at radius 3 is 2.76 bits per heavy atom. The van der Waals surface area contributed by atoms with Gasteiger partial charge < -0.3 is 4.74 Å². The van der Waals surface area contributed by atoms with Gasteiger partial charge >= 0.3 is 0 Å². The molecule has 0 saturated carbocycles. The monoisotopic (exact) mass is 351 g/mol. The number of rotatable bonds is 5. The molecular weight excluding hydrogens is 334 g/mol. The number of hydrogen-bond acceptors (Lipinski definition) is 5. The second-order valence-corrected chi connectivity index (χ2v) is 6.20. The molecule has 25 heavy (non-hydrogen) atoms. The Kier molecular flexibility index (Phi) is 5.30. The molecule has 2 aromatic rings. The first kappa shape index (κ1) is 17.0. The first-order valence-corrected chi connectivity index (χ1v) is 8.48. The Morgan fingerprint density at radius 1 is 1.32 bits per heavy atom. The minimum atomic E-state index is -0.0802. The summed E-state index contributed by atoms with van der Waals surface area (Å²) in [5.74, 6) is 0.697. The molecule has 1 saturated heterocycles. The Morgan fingerprint density at radius 2 is 2.12 bits per heavy atom. The van der Waals surface area contributed by atoms with Crippen LogP contribution in [0.15, 0.2) is 71.3 Å². The van der Waals surface area contributed by atoms with E-state index in [1.807, 2.05) is 42.5 Å². The summed E-state index contributed by atoms with van der Waals surface area (Å²) < 4.78 is 5.16. The first-order chi connectivity index (χ1) is 12.2. The fourth-order valence-electron chi connectivity index (χ4n) is 2.26. The number of amides is 1. The zero-order valence-corrected chi connectivity index (χ0v) is 14.6. The number of ether oxygens (including phenoxy) is 1. The molecule has 0 spiro atoms. The van der Waals surface area contributed by atoms with E-state index in [-0.39, 0.29) is 5.91 Å². The summed E-state index contributed by atoms with van der Waals surface area (Å²) in [4.78, 5) is 23.5. The molecule has 1 fully saturated rings. The number of carbonyl (C=O) groups excluding carboxylic acids is 1. The molecule has 0 unspecified atom stereocenters. The van der Waals surface area contributed by atoms with Gasteiger partial charge in [-0.15, -0.1) is 6.58 Å². The summed E-state index contributed by atoms with van der Waals surface area (Å²) in [6.07, 6.45) is 6.89. The standard InChI is InChI=1S/C19H17N3O2S/c1-3-11-22-18(23)17(12-14-6-8-16(24-2)9-7-14)25-19(22)21-15-5-4-10-20-13-15/h3-10,12-13H,1,11H2,2H3/b17-12-,21-19?. The highest BCUT2D eigenvalue weighted by Gasteiger charge is 2.32. The van der Waals surface area contributed by atoms with Gasteiger partial charge in [0.1, 0.15) is 5.75 Å². The average molecular weight is 351 g/mol. The molecule has 1 aliphatic heterocycles. The van der Waals surface area contributed by atoms with E-state index in [9.17, 15) is 4.79 Å². The molecule has 0 N–H and O–H groups in total. The molecule has 0 bridgehead atoms. The van der Waals surface area contributed by atoms with E-state index in [0.717, 1.165) is 11.3 Å². The van der Waals surface area contributed by atoms with Crippen molar-refractivity contribution >= 4 is 34.6 Å². The summed E-state index contributed by atoms with van der Waals surface area (Å²) in [5, 5.41) is 0.623. The van der Waals surface area contributed by atoms with E-state index < -0.39 is 0 Å². The van der Waals surface area contributed by atoms with Crippen LogP contribution in [0, 0.1) is 0 Å². The number of aromatic nitrogens is 1. The molecular formula is C19H17N3O2S. The number of methoxy groups -OCH3 is 1. The highest BCUT2D eigenvalue weighted by molar-refractivity contribution is 8.18. The van der Waals surface area contributed by atoms with Gasteiger partial charge in [0, 0.05) is 12.7 Å². The molecule has 5 nitrogen and oxygen atoms in total. The fourth-order valence-corrected chi connectivity index (χ4v) is 3.27. The summed E-state index contributed by atoms with van der Waals surface area (Å²) in [6.45, 7) is 4.13. The molecule has 1 aromatic carbocycles. The lowest BCUT2D eigenvalue weighted by atomic mass is 10.2. The molecule has 2 heterocycles. The van der Waals surface area contributed by atoms with Gasteiger partial charge in [0.25, 0.3) is 5.91 Å². The van der Waals surface area contributed by atoms with E-state index in [1.165, 1.54) is 11.8 Å². The summed E-state index contributed by atoms with van der Waals surface area (Å²) in [7, 11) is 1.62. The number of thioether (sulfide) groups is 1. The maximum Gasteiger partial charge on any atom is 0.267 e. The van der Waals surface area contributed by atoms with Gasteiger partial charge in [0.05, 0.1) is 23.9 Å². The van der Waals surface area contributed by atoms with Crippen molar-refractivity contribution in [3.63, 3.8) is 0 Å². The summed E-state index contributed by atoms with van der Waals surface area (Å²) in [6, 6.07) is 11.2. The van der Waals surface area contributed by atoms with Gasteiger partial charge in [0.2, 0.25) is 0 Å². The molecule has 0 aliphatic carbocycles. The number of pyridine rings is 1. The minimum Gasteiger partial charge on any atom is -0.497 e. The van der Waals surface area contributed by atoms with Gasteiger partial charge in [0.15, 0.2) is 5.17 Å². The van der Waals surface area contributed by atoms with Crippen LogP contribution in [0.25, 0.3) is 6.08 Å². The highest BCUT2D eigenvalue weighted by Crippen LogP contribution is 2.34. The number of nitrogens with zero attached hydrogens (tertiary/aromatic N) is 3. The summed E-state index contributed by atoms with van der Waals surface area (Å²) >= 11 is 1.35. The van der Waals surface area contributed by atoms with Gasteiger partial charge in [-0.3, -0.25) is 14.7 Å². The van der Waals surface area contributed by atoms with Gasteiger partial charge in [-0.25, -0.2) is 4.99 Å². The lowest BCUT2D eigenvalue weighted by Gasteiger charge is -2.12. The normalized spacial score (nSPS) is 17.3. The Bertz CT molecular complexity index is 830. The molecule has 3 rings (SSSR count). The van der Waals surface area contributed by atoms with Crippen LogP contribution >= 0.6 is 11.8 Å². The molecule has 1 amide bonds. The molecule has 126 valence electrons. The lowest BCUT2D eigenvalue weighted by molar-refractivity contribution is -0.121. The van der Waals surface area contributed by atoms with Crippen molar-refractivity contribution < 1.29 is 9.53 Å². The van der Waals surface area contributed by atoms with Crippen LogP contribution in [0.4, 0.5) is 5.69 Å². The fraction of sp³-hybridized carbons (Fsp3) is 0.105. The second kappa shape index (κ2) is 7.81. The van der Waals surface area contributed by atoms with Crippen molar-refractivity contribution in [2.75, 3.05) is 13.7 Å². The van der Waals surface area contributed by atoms with Crippen molar-refractivity contribution in [2.24, 2.45) is 4.99 Å². The SMILES string of the molecule is C=CCN1C(=O)/C(=C/c2ccc(OC)cc2)SC1=Nc1cccnc1. The topological polar surface area (TPSA) is 54.8 Å². The van der Waals surface area contributed by atoms with Gasteiger partial charge in [-0.05, 0) is 47.7 Å². The number of amidine groups is 1. The maximum absolute atomic E-state index is 12.7. The zero-order valence-electron chi connectivity index (χ0n) is 13.8. The van der Waals surface area contributed by atoms with Crippen molar-refractivity contribution in [1.29, 1.82) is 0 Å². The van der Waals surface area contributed by atoms with Crippen molar-refractivity contribution in [2.45, 2.75) is 0 Å². The van der Waals surface area contributed by atoms with Gasteiger partial charge in [-0.2, -0.15) is 0 Å². The molecule has 1 aromatic heterocycles. The highest BCUT2D eigenvalue weighted by atomic mass is 32.2. The van der Waals surface area contributed by atoms with E-state index >= 15 is 0 Å². The van der Waals surface area contributed by atoms with Crippen LogP contribution in [0.1, 0.15) is 5.56 Å². The van der Waals surface area contributed by atoms with Crippen LogP contribution in [0.3, 0.4) is 0 Å². The van der Waals surface area contributed by atoms with E-state index in [4.69, 9.17) is 4.74 Å². The van der Waals surface area contributed by atoms with Crippen molar-refractivity contribution in [3.8, 4) is 5.75 Å². The maximum atomic E-state index is 12.7. The number of carbonyl (C=O) groups is 1. The van der Waals surface area contributed by atoms with Crippen LogP contribution in [-0.2, 0) is 4.79 Å². The molecule has 0 radical (unpaired) electrons. The minimum absolute atomic E-state index is 0.0802. The number of hydrogen-bond donors (Lipinski definition) is 0. The largest absolute Gasteiger partial charge is 0.497 e. The Labute approximate surface area is 150 Å². The van der Waals surface area contributed by atoms with Crippen LogP contribution in [0.2, 0.25) is 0 Å². The third-order valence-electron chi connectivity index (χ3n) is 3.48. The van der Waals surface area contributed by atoms with Crippen molar-refractivity contribution in [3.05, 3.63) is 71.9 Å². The predicted octanol–water partition coefficient (Wildman–Crippen LogP) is 3.88. The Hall–Kier alpha value is -2.86. The van der Waals surface area contributed by atoms with E-state index in [0.29, 0.717) is 22.3 Å².